The standard InChI is InChI=1S/C18H18N4O2/c1-10(2)18-19-13(9-24-18)12-8-14(23)20-17-15(12)16(21-22-17)11-6-4-3-5-7-11/h3-7,9-10,12H,8H2,1-2H3,(H2,20,21,22,23)/t12-/m0/s1. The highest BCUT2D eigenvalue weighted by Gasteiger charge is 2.34. The number of benzene rings is 1. The van der Waals surface area contributed by atoms with Gasteiger partial charge in [0.15, 0.2) is 11.7 Å². The fourth-order valence-electron chi connectivity index (χ4n) is 3.06. The Kier molecular flexibility index (Phi) is 3.45. The van der Waals surface area contributed by atoms with E-state index in [0.717, 1.165) is 22.5 Å². The van der Waals surface area contributed by atoms with E-state index < -0.39 is 0 Å². The number of fused-ring (bicyclic) bond motifs is 1. The van der Waals surface area contributed by atoms with Crippen molar-refractivity contribution in [2.75, 3.05) is 5.32 Å². The summed E-state index contributed by atoms with van der Waals surface area (Å²) in [5.74, 6) is 1.23. The van der Waals surface area contributed by atoms with Crippen LogP contribution < -0.4 is 5.32 Å². The van der Waals surface area contributed by atoms with Crippen LogP contribution in [-0.4, -0.2) is 21.1 Å². The quantitative estimate of drug-likeness (QED) is 0.770. The second-order valence-electron chi connectivity index (χ2n) is 6.30. The SMILES string of the molecule is CC(C)c1nc([C@@H]2CC(=O)Nc3n[nH]c(-c4ccccc4)c32)co1. The Hall–Kier alpha value is -2.89. The number of hydrogen-bond acceptors (Lipinski definition) is 4. The molecule has 0 saturated carbocycles. The van der Waals surface area contributed by atoms with E-state index in [1.807, 2.05) is 44.2 Å². The van der Waals surface area contributed by atoms with Crippen LogP contribution in [0.15, 0.2) is 41.0 Å². The number of oxazole rings is 1. The molecule has 2 aromatic heterocycles. The first kappa shape index (κ1) is 14.7. The Bertz CT molecular complexity index is 880. The Balaban J connectivity index is 1.83. The van der Waals surface area contributed by atoms with Crippen molar-refractivity contribution in [3.05, 3.63) is 53.7 Å². The average Bonchev–Trinajstić information content (AvgIpc) is 3.22. The summed E-state index contributed by atoms with van der Waals surface area (Å²) in [5.41, 5.74) is 3.67. The zero-order valence-corrected chi connectivity index (χ0v) is 13.5. The van der Waals surface area contributed by atoms with E-state index in [-0.39, 0.29) is 17.7 Å². The molecule has 0 aliphatic carbocycles. The van der Waals surface area contributed by atoms with Gasteiger partial charge in [0.2, 0.25) is 5.91 Å². The molecule has 2 N–H and O–H groups in total. The smallest absolute Gasteiger partial charge is 0.226 e. The van der Waals surface area contributed by atoms with Crippen molar-refractivity contribution < 1.29 is 9.21 Å². The fourth-order valence-corrected chi connectivity index (χ4v) is 3.06. The second kappa shape index (κ2) is 5.63. The molecule has 3 aromatic rings. The normalized spacial score (nSPS) is 17.0. The lowest BCUT2D eigenvalue weighted by molar-refractivity contribution is -0.116. The van der Waals surface area contributed by atoms with Gasteiger partial charge in [-0.3, -0.25) is 9.89 Å². The molecular formula is C18H18N4O2. The third kappa shape index (κ3) is 2.40. The van der Waals surface area contributed by atoms with Crippen molar-refractivity contribution in [1.82, 2.24) is 15.2 Å². The van der Waals surface area contributed by atoms with E-state index in [9.17, 15) is 4.79 Å². The van der Waals surface area contributed by atoms with Crippen molar-refractivity contribution >= 4 is 11.7 Å². The van der Waals surface area contributed by atoms with Crippen molar-refractivity contribution in [2.45, 2.75) is 32.1 Å². The Labute approximate surface area is 139 Å². The van der Waals surface area contributed by atoms with Crippen molar-refractivity contribution in [3.63, 3.8) is 0 Å². The second-order valence-corrected chi connectivity index (χ2v) is 6.30. The van der Waals surface area contributed by atoms with Crippen LogP contribution in [0, 0.1) is 0 Å². The molecule has 1 amide bonds. The molecule has 1 aliphatic rings. The molecule has 4 rings (SSSR count). The van der Waals surface area contributed by atoms with E-state index in [2.05, 4.69) is 20.5 Å². The van der Waals surface area contributed by atoms with E-state index in [4.69, 9.17) is 4.42 Å². The maximum Gasteiger partial charge on any atom is 0.226 e. The molecule has 3 heterocycles. The number of rotatable bonds is 3. The summed E-state index contributed by atoms with van der Waals surface area (Å²) in [6.07, 6.45) is 1.99. The highest BCUT2D eigenvalue weighted by molar-refractivity contribution is 5.95. The Morgan fingerprint density at radius 2 is 2.04 bits per heavy atom. The minimum absolute atomic E-state index is 0.0623. The summed E-state index contributed by atoms with van der Waals surface area (Å²) in [6.45, 7) is 4.06. The van der Waals surface area contributed by atoms with Crippen LogP contribution in [0.3, 0.4) is 0 Å². The van der Waals surface area contributed by atoms with Gasteiger partial charge in [0.05, 0.1) is 11.4 Å². The number of anilines is 1. The van der Waals surface area contributed by atoms with Crippen molar-refractivity contribution in [3.8, 4) is 11.3 Å². The fraction of sp³-hybridized carbons (Fsp3) is 0.278. The molecule has 0 spiro atoms. The number of nitrogens with one attached hydrogen (secondary N) is 2. The van der Waals surface area contributed by atoms with Crippen LogP contribution >= 0.6 is 0 Å². The molecule has 0 bridgehead atoms. The molecule has 1 atom stereocenters. The summed E-state index contributed by atoms with van der Waals surface area (Å²) < 4.78 is 5.58. The molecule has 1 aromatic carbocycles. The molecule has 122 valence electrons. The van der Waals surface area contributed by atoms with Gasteiger partial charge in [0.25, 0.3) is 0 Å². The van der Waals surface area contributed by atoms with Gasteiger partial charge >= 0.3 is 0 Å². The lowest BCUT2D eigenvalue weighted by Gasteiger charge is -2.21. The summed E-state index contributed by atoms with van der Waals surface area (Å²) >= 11 is 0. The number of aromatic nitrogens is 3. The van der Waals surface area contributed by atoms with E-state index in [0.29, 0.717) is 18.1 Å². The third-order valence-electron chi connectivity index (χ3n) is 4.25. The molecule has 1 aliphatic heterocycles. The number of nitrogens with zero attached hydrogens (tertiary/aromatic N) is 2. The summed E-state index contributed by atoms with van der Waals surface area (Å²) in [5, 5.41) is 10.2. The molecule has 0 radical (unpaired) electrons. The molecule has 0 saturated heterocycles. The first-order chi connectivity index (χ1) is 11.6. The van der Waals surface area contributed by atoms with Gasteiger partial charge < -0.3 is 9.73 Å². The number of amides is 1. The van der Waals surface area contributed by atoms with Crippen LogP contribution in [0.1, 0.15) is 49.3 Å². The molecule has 24 heavy (non-hydrogen) atoms. The molecule has 6 heteroatoms. The minimum Gasteiger partial charge on any atom is -0.448 e. The molecule has 0 unspecified atom stereocenters. The first-order valence-corrected chi connectivity index (χ1v) is 8.02. The van der Waals surface area contributed by atoms with E-state index >= 15 is 0 Å². The van der Waals surface area contributed by atoms with Crippen LogP contribution in [0.2, 0.25) is 0 Å². The first-order valence-electron chi connectivity index (χ1n) is 8.02. The van der Waals surface area contributed by atoms with E-state index in [1.54, 1.807) is 6.26 Å². The number of hydrogen-bond donors (Lipinski definition) is 2. The van der Waals surface area contributed by atoms with Crippen LogP contribution in [0.5, 0.6) is 0 Å². The molecule has 6 nitrogen and oxygen atoms in total. The van der Waals surface area contributed by atoms with Gasteiger partial charge in [-0.25, -0.2) is 4.98 Å². The minimum atomic E-state index is -0.168. The zero-order valence-electron chi connectivity index (χ0n) is 13.5. The van der Waals surface area contributed by atoms with Crippen molar-refractivity contribution in [2.24, 2.45) is 0 Å². The average molecular weight is 322 g/mol. The molecule has 0 fully saturated rings. The van der Waals surface area contributed by atoms with Gasteiger partial charge in [-0.15, -0.1) is 0 Å². The summed E-state index contributed by atoms with van der Waals surface area (Å²) in [7, 11) is 0. The maximum absolute atomic E-state index is 12.1. The molecular weight excluding hydrogens is 304 g/mol. The van der Waals surface area contributed by atoms with Gasteiger partial charge in [0.1, 0.15) is 6.26 Å². The Morgan fingerprint density at radius 3 is 2.75 bits per heavy atom. The van der Waals surface area contributed by atoms with Crippen LogP contribution in [-0.2, 0) is 4.79 Å². The monoisotopic (exact) mass is 322 g/mol. The van der Waals surface area contributed by atoms with Crippen LogP contribution in [0.4, 0.5) is 5.82 Å². The number of H-pyrrole nitrogens is 1. The topological polar surface area (TPSA) is 83.8 Å². The number of carbonyl (C=O) groups excluding carboxylic acids is 1. The highest BCUT2D eigenvalue weighted by Crippen LogP contribution is 2.41. The lowest BCUT2D eigenvalue weighted by atomic mass is 9.88. The lowest BCUT2D eigenvalue weighted by Crippen LogP contribution is -2.23. The van der Waals surface area contributed by atoms with Gasteiger partial charge in [-0.2, -0.15) is 5.10 Å². The van der Waals surface area contributed by atoms with Gasteiger partial charge in [0, 0.05) is 23.8 Å². The maximum atomic E-state index is 12.1. The summed E-state index contributed by atoms with van der Waals surface area (Å²) in [6, 6.07) is 9.96. The number of carbonyl (C=O) groups is 1. The number of aromatic amines is 1. The van der Waals surface area contributed by atoms with Gasteiger partial charge in [-0.1, -0.05) is 44.2 Å². The largest absolute Gasteiger partial charge is 0.448 e. The predicted octanol–water partition coefficient (Wildman–Crippen LogP) is 3.66. The third-order valence-corrected chi connectivity index (χ3v) is 4.25. The zero-order chi connectivity index (χ0) is 16.7. The summed E-state index contributed by atoms with van der Waals surface area (Å²) in [4.78, 5) is 16.7. The van der Waals surface area contributed by atoms with Crippen LogP contribution in [0.25, 0.3) is 11.3 Å². The highest BCUT2D eigenvalue weighted by atomic mass is 16.3. The Morgan fingerprint density at radius 1 is 1.25 bits per heavy atom. The van der Waals surface area contributed by atoms with Gasteiger partial charge in [-0.05, 0) is 5.56 Å². The van der Waals surface area contributed by atoms with E-state index in [1.165, 1.54) is 0 Å². The van der Waals surface area contributed by atoms with Crippen molar-refractivity contribution in [1.29, 1.82) is 0 Å². The predicted molar refractivity (Wildman–Crippen MR) is 89.7 cm³/mol.